The van der Waals surface area contributed by atoms with Crippen molar-refractivity contribution in [2.75, 3.05) is 0 Å². The fourth-order valence-electron chi connectivity index (χ4n) is 3.01. The van der Waals surface area contributed by atoms with E-state index in [9.17, 15) is 4.79 Å². The molecule has 0 fully saturated rings. The van der Waals surface area contributed by atoms with Crippen LogP contribution in [-0.4, -0.2) is 5.97 Å². The van der Waals surface area contributed by atoms with Crippen LogP contribution in [0.25, 0.3) is 6.08 Å². The normalized spacial score (nSPS) is 19.0. The zero-order valence-corrected chi connectivity index (χ0v) is 17.4. The van der Waals surface area contributed by atoms with E-state index in [1.807, 2.05) is 70.2 Å². The molecule has 0 saturated heterocycles. The fourth-order valence-corrected chi connectivity index (χ4v) is 3.18. The number of hydrogen-bond acceptors (Lipinski definition) is 3. The van der Waals surface area contributed by atoms with Crippen molar-refractivity contribution in [1.29, 1.82) is 0 Å². The highest BCUT2D eigenvalue weighted by atomic mass is 35.5. The lowest BCUT2D eigenvalue weighted by Gasteiger charge is -2.36. The number of carbonyl (C=O) groups is 1. The smallest absolute Gasteiger partial charge is 0.316 e. The maximum atomic E-state index is 12.5. The van der Waals surface area contributed by atoms with Gasteiger partial charge in [-0.25, -0.2) is 0 Å². The van der Waals surface area contributed by atoms with Crippen molar-refractivity contribution < 1.29 is 14.3 Å². The molecule has 0 spiro atoms. The van der Waals surface area contributed by atoms with Crippen molar-refractivity contribution in [1.82, 2.24) is 0 Å². The van der Waals surface area contributed by atoms with Crippen molar-refractivity contribution >= 4 is 23.6 Å². The van der Waals surface area contributed by atoms with Crippen LogP contribution in [0.1, 0.15) is 45.2 Å². The minimum absolute atomic E-state index is 0.300. The van der Waals surface area contributed by atoms with E-state index in [0.717, 1.165) is 16.9 Å². The van der Waals surface area contributed by atoms with Gasteiger partial charge in [-0.05, 0) is 57.9 Å². The lowest BCUT2D eigenvalue weighted by molar-refractivity contribution is -0.150. The summed E-state index contributed by atoms with van der Waals surface area (Å²) in [5.41, 5.74) is 0.819. The molecule has 3 rings (SSSR count). The van der Waals surface area contributed by atoms with Gasteiger partial charge in [0, 0.05) is 10.6 Å². The van der Waals surface area contributed by atoms with Gasteiger partial charge in [-0.2, -0.15) is 0 Å². The summed E-state index contributed by atoms with van der Waals surface area (Å²) in [5.74, 6) is 0.904. The van der Waals surface area contributed by atoms with E-state index in [2.05, 4.69) is 12.2 Å². The molecule has 0 bridgehead atoms. The second-order valence-electron chi connectivity index (χ2n) is 8.23. The average molecular weight is 397 g/mol. The first kappa shape index (κ1) is 20.2. The molecule has 0 aliphatic carbocycles. The Morgan fingerprint density at radius 2 is 1.89 bits per heavy atom. The molecule has 1 aliphatic heterocycles. The van der Waals surface area contributed by atoms with Gasteiger partial charge in [-0.1, -0.05) is 54.1 Å². The van der Waals surface area contributed by atoms with E-state index >= 15 is 0 Å². The molecule has 0 aromatic heterocycles. The zero-order chi connectivity index (χ0) is 20.4. The Labute approximate surface area is 171 Å². The highest BCUT2D eigenvalue weighted by Gasteiger charge is 2.40. The standard InChI is InChI=1S/C24H25ClO3/c1-23(2,3)22(26)28-21-16-27-20-13-12-18(25)15-19(20)24(21,4)14-8-11-17-9-6-5-7-10-17/h5-13,15-16H,14H2,1-4H3/b11-8+/t24-/m0/s1. The molecule has 0 unspecified atom stereocenters. The predicted molar refractivity (Wildman–Crippen MR) is 113 cm³/mol. The number of hydrogen-bond donors (Lipinski definition) is 0. The molecule has 2 aromatic rings. The summed E-state index contributed by atoms with van der Waals surface area (Å²) in [6, 6.07) is 15.6. The third kappa shape index (κ3) is 4.31. The second-order valence-corrected chi connectivity index (χ2v) is 8.67. The van der Waals surface area contributed by atoms with Crippen LogP contribution in [0.3, 0.4) is 0 Å². The van der Waals surface area contributed by atoms with Gasteiger partial charge in [0.15, 0.2) is 5.76 Å². The van der Waals surface area contributed by atoms with Gasteiger partial charge in [-0.3, -0.25) is 4.79 Å². The lowest BCUT2D eigenvalue weighted by atomic mass is 9.76. The number of ether oxygens (including phenoxy) is 2. The number of fused-ring (bicyclic) bond motifs is 1. The monoisotopic (exact) mass is 396 g/mol. The summed E-state index contributed by atoms with van der Waals surface area (Å²) >= 11 is 6.26. The van der Waals surface area contributed by atoms with Crippen molar-refractivity contribution in [2.45, 2.75) is 39.5 Å². The van der Waals surface area contributed by atoms with Gasteiger partial charge in [-0.15, -0.1) is 0 Å². The van der Waals surface area contributed by atoms with Crippen molar-refractivity contribution in [3.05, 3.63) is 82.8 Å². The maximum Gasteiger partial charge on any atom is 0.316 e. The molecule has 1 heterocycles. The van der Waals surface area contributed by atoms with Crippen molar-refractivity contribution in [2.24, 2.45) is 5.41 Å². The molecular formula is C24H25ClO3. The van der Waals surface area contributed by atoms with Crippen LogP contribution >= 0.6 is 11.6 Å². The first-order valence-electron chi connectivity index (χ1n) is 9.31. The van der Waals surface area contributed by atoms with E-state index in [-0.39, 0.29) is 5.97 Å². The maximum absolute atomic E-state index is 12.5. The van der Waals surface area contributed by atoms with Gasteiger partial charge in [0.1, 0.15) is 12.0 Å². The van der Waals surface area contributed by atoms with Gasteiger partial charge in [0.05, 0.1) is 10.8 Å². The van der Waals surface area contributed by atoms with E-state index in [1.165, 1.54) is 6.26 Å². The van der Waals surface area contributed by atoms with E-state index in [0.29, 0.717) is 17.2 Å². The number of esters is 1. The third-order valence-corrected chi connectivity index (χ3v) is 5.06. The topological polar surface area (TPSA) is 35.5 Å². The summed E-state index contributed by atoms with van der Waals surface area (Å²) in [7, 11) is 0. The summed E-state index contributed by atoms with van der Waals surface area (Å²) < 4.78 is 11.5. The van der Waals surface area contributed by atoms with Crippen LogP contribution in [0.4, 0.5) is 0 Å². The van der Waals surface area contributed by atoms with Crippen LogP contribution in [0.15, 0.2) is 66.6 Å². The van der Waals surface area contributed by atoms with Gasteiger partial charge in [0.2, 0.25) is 0 Å². The van der Waals surface area contributed by atoms with Crippen LogP contribution in [0.5, 0.6) is 5.75 Å². The first-order valence-corrected chi connectivity index (χ1v) is 9.69. The Morgan fingerprint density at radius 3 is 2.57 bits per heavy atom. The van der Waals surface area contributed by atoms with Gasteiger partial charge in [0.25, 0.3) is 0 Å². The van der Waals surface area contributed by atoms with Gasteiger partial charge >= 0.3 is 5.97 Å². The van der Waals surface area contributed by atoms with Crippen LogP contribution in [0.2, 0.25) is 5.02 Å². The minimum Gasteiger partial charge on any atom is -0.461 e. The predicted octanol–water partition coefficient (Wildman–Crippen LogP) is 6.52. The number of halogens is 1. The number of rotatable bonds is 4. The molecule has 146 valence electrons. The third-order valence-electron chi connectivity index (χ3n) is 4.82. The molecule has 1 atom stereocenters. The SMILES string of the molecule is CC(C)(C)C(=O)OC1=COc2ccc(Cl)cc2[C@]1(C)C/C=C/c1ccccc1. The van der Waals surface area contributed by atoms with Crippen LogP contribution in [-0.2, 0) is 14.9 Å². The number of benzene rings is 2. The largest absolute Gasteiger partial charge is 0.461 e. The number of carbonyl (C=O) groups excluding carboxylic acids is 1. The molecule has 0 saturated carbocycles. The lowest BCUT2D eigenvalue weighted by Crippen LogP contribution is -2.33. The Bertz CT molecular complexity index is 923. The molecule has 0 radical (unpaired) electrons. The molecule has 4 heteroatoms. The Hall–Kier alpha value is -2.52. The van der Waals surface area contributed by atoms with Crippen LogP contribution < -0.4 is 4.74 Å². The summed E-state index contributed by atoms with van der Waals surface area (Å²) in [5, 5.41) is 0.615. The molecule has 0 amide bonds. The Morgan fingerprint density at radius 1 is 1.18 bits per heavy atom. The Balaban J connectivity index is 1.96. The van der Waals surface area contributed by atoms with E-state index < -0.39 is 10.8 Å². The second kappa shape index (κ2) is 7.84. The summed E-state index contributed by atoms with van der Waals surface area (Å²) in [4.78, 5) is 12.5. The quantitative estimate of drug-likeness (QED) is 0.551. The fraction of sp³-hybridized carbons (Fsp3) is 0.292. The Kier molecular flexibility index (Phi) is 5.66. The van der Waals surface area contributed by atoms with Crippen molar-refractivity contribution in [3.8, 4) is 5.75 Å². The summed E-state index contributed by atoms with van der Waals surface area (Å²) in [6.45, 7) is 7.53. The van der Waals surface area contributed by atoms with Gasteiger partial charge < -0.3 is 9.47 Å². The van der Waals surface area contributed by atoms with E-state index in [1.54, 1.807) is 6.07 Å². The molecule has 0 N–H and O–H groups in total. The van der Waals surface area contributed by atoms with Crippen molar-refractivity contribution in [3.63, 3.8) is 0 Å². The highest BCUT2D eigenvalue weighted by Crippen LogP contribution is 2.46. The van der Waals surface area contributed by atoms with E-state index in [4.69, 9.17) is 21.1 Å². The molecule has 2 aromatic carbocycles. The average Bonchev–Trinajstić information content (AvgIpc) is 2.65. The molecule has 3 nitrogen and oxygen atoms in total. The summed E-state index contributed by atoms with van der Waals surface area (Å²) in [6.07, 6.45) is 6.32. The first-order chi connectivity index (χ1) is 13.2. The minimum atomic E-state index is -0.615. The zero-order valence-electron chi connectivity index (χ0n) is 16.7. The van der Waals surface area contributed by atoms with Crippen LogP contribution in [0, 0.1) is 5.41 Å². The molecular weight excluding hydrogens is 372 g/mol. The number of allylic oxidation sites excluding steroid dienone is 2. The molecule has 28 heavy (non-hydrogen) atoms. The highest BCUT2D eigenvalue weighted by molar-refractivity contribution is 6.30. The molecule has 1 aliphatic rings.